The Morgan fingerprint density at radius 2 is 1.86 bits per heavy atom. The van der Waals surface area contributed by atoms with Crippen LogP contribution in [0.3, 0.4) is 0 Å². The first-order valence-corrected chi connectivity index (χ1v) is 8.32. The third-order valence-corrected chi connectivity index (χ3v) is 5.22. The van der Waals surface area contributed by atoms with Gasteiger partial charge in [-0.25, -0.2) is 0 Å². The van der Waals surface area contributed by atoms with Gasteiger partial charge >= 0.3 is 0 Å². The monoisotopic (exact) mass is 277 g/mol. The van der Waals surface area contributed by atoms with E-state index in [9.17, 15) is 0 Å². The second-order valence-corrected chi connectivity index (χ2v) is 6.58. The highest BCUT2D eigenvalue weighted by atomic mass is 14.9. The van der Waals surface area contributed by atoms with Crippen molar-refractivity contribution in [3.05, 3.63) is 65.2 Å². The summed E-state index contributed by atoms with van der Waals surface area (Å²) in [5.74, 6) is 1.50. The molecule has 2 aromatic carbocycles. The van der Waals surface area contributed by atoms with Gasteiger partial charge in [0.1, 0.15) is 0 Å². The maximum Gasteiger partial charge on any atom is 0.0375 e. The number of para-hydroxylation sites is 1. The molecule has 1 fully saturated rings. The van der Waals surface area contributed by atoms with Crippen molar-refractivity contribution in [2.24, 2.45) is 0 Å². The number of hydrogen-bond donors (Lipinski definition) is 1. The van der Waals surface area contributed by atoms with Crippen molar-refractivity contribution < 1.29 is 0 Å². The van der Waals surface area contributed by atoms with Gasteiger partial charge in [-0.05, 0) is 60.3 Å². The number of fused-ring (bicyclic) bond motifs is 1. The molecule has 0 amide bonds. The highest BCUT2D eigenvalue weighted by Gasteiger charge is 2.22. The third kappa shape index (κ3) is 2.57. The fraction of sp³-hybridized carbons (Fsp3) is 0.400. The maximum atomic E-state index is 3.53. The van der Waals surface area contributed by atoms with Crippen LogP contribution in [0.4, 0.5) is 5.69 Å². The zero-order chi connectivity index (χ0) is 14.1. The van der Waals surface area contributed by atoms with E-state index in [1.807, 2.05) is 0 Å². The van der Waals surface area contributed by atoms with Gasteiger partial charge < -0.3 is 5.32 Å². The molecule has 1 unspecified atom stereocenters. The van der Waals surface area contributed by atoms with Crippen LogP contribution in [-0.2, 0) is 6.42 Å². The Morgan fingerprint density at radius 1 is 0.952 bits per heavy atom. The molecule has 0 aromatic heterocycles. The fourth-order valence-corrected chi connectivity index (χ4v) is 3.76. The van der Waals surface area contributed by atoms with E-state index in [2.05, 4.69) is 53.8 Å². The minimum atomic E-state index is 0.666. The van der Waals surface area contributed by atoms with Crippen molar-refractivity contribution in [2.75, 3.05) is 11.9 Å². The predicted octanol–water partition coefficient (Wildman–Crippen LogP) is 5.10. The highest BCUT2D eigenvalue weighted by Crippen LogP contribution is 2.38. The third-order valence-electron chi connectivity index (χ3n) is 5.22. The zero-order valence-corrected chi connectivity index (χ0v) is 12.5. The highest BCUT2D eigenvalue weighted by molar-refractivity contribution is 5.55. The molecule has 1 saturated carbocycles. The lowest BCUT2D eigenvalue weighted by Crippen LogP contribution is -2.18. The molecule has 1 heterocycles. The lowest BCUT2D eigenvalue weighted by molar-refractivity contribution is 0.419. The van der Waals surface area contributed by atoms with E-state index in [0.717, 1.165) is 12.5 Å². The fourth-order valence-electron chi connectivity index (χ4n) is 3.76. The molecule has 0 saturated heterocycles. The number of nitrogens with one attached hydrogen (secondary N) is 1. The molecule has 0 spiro atoms. The SMILES string of the molecule is c1cc(CC2CCNc3ccccc32)cc(C2CCC2)c1. The first-order chi connectivity index (χ1) is 10.4. The smallest absolute Gasteiger partial charge is 0.0375 e. The van der Waals surface area contributed by atoms with E-state index in [4.69, 9.17) is 0 Å². The molecule has 1 heteroatoms. The molecule has 21 heavy (non-hydrogen) atoms. The average molecular weight is 277 g/mol. The van der Waals surface area contributed by atoms with Crippen molar-refractivity contribution in [3.8, 4) is 0 Å². The summed E-state index contributed by atoms with van der Waals surface area (Å²) in [6.07, 6.45) is 6.61. The molecular formula is C20H23N. The molecule has 4 rings (SSSR count). The van der Waals surface area contributed by atoms with Crippen molar-refractivity contribution in [3.63, 3.8) is 0 Å². The molecule has 1 aliphatic heterocycles. The van der Waals surface area contributed by atoms with E-state index in [0.29, 0.717) is 5.92 Å². The minimum absolute atomic E-state index is 0.666. The first-order valence-electron chi connectivity index (χ1n) is 8.32. The van der Waals surface area contributed by atoms with Gasteiger partial charge in [0.25, 0.3) is 0 Å². The van der Waals surface area contributed by atoms with E-state index >= 15 is 0 Å². The summed E-state index contributed by atoms with van der Waals surface area (Å²) in [6.45, 7) is 1.10. The normalized spacial score (nSPS) is 21.2. The maximum absolute atomic E-state index is 3.53. The van der Waals surface area contributed by atoms with Crippen molar-refractivity contribution in [1.29, 1.82) is 0 Å². The lowest BCUT2D eigenvalue weighted by Gasteiger charge is -2.28. The van der Waals surface area contributed by atoms with Crippen molar-refractivity contribution >= 4 is 5.69 Å². The Balaban J connectivity index is 1.56. The molecule has 108 valence electrons. The van der Waals surface area contributed by atoms with E-state index < -0.39 is 0 Å². The van der Waals surface area contributed by atoms with Crippen molar-refractivity contribution in [2.45, 2.75) is 43.9 Å². The van der Waals surface area contributed by atoms with Crippen LogP contribution in [0.1, 0.15) is 54.2 Å². The van der Waals surface area contributed by atoms with Gasteiger partial charge in [0.2, 0.25) is 0 Å². The lowest BCUT2D eigenvalue weighted by atomic mass is 9.79. The Hall–Kier alpha value is -1.76. The van der Waals surface area contributed by atoms with Gasteiger partial charge in [-0.3, -0.25) is 0 Å². The second-order valence-electron chi connectivity index (χ2n) is 6.58. The molecular weight excluding hydrogens is 254 g/mol. The van der Waals surface area contributed by atoms with Crippen LogP contribution in [0.25, 0.3) is 0 Å². The molecule has 2 aromatic rings. The van der Waals surface area contributed by atoms with Gasteiger partial charge in [-0.1, -0.05) is 48.9 Å². The molecule has 2 aliphatic rings. The van der Waals surface area contributed by atoms with Crippen LogP contribution < -0.4 is 5.32 Å². The predicted molar refractivity (Wildman–Crippen MR) is 89.0 cm³/mol. The van der Waals surface area contributed by atoms with Gasteiger partial charge in [0.15, 0.2) is 0 Å². The van der Waals surface area contributed by atoms with Crippen LogP contribution in [-0.4, -0.2) is 6.54 Å². The van der Waals surface area contributed by atoms with E-state index in [1.165, 1.54) is 48.9 Å². The summed E-state index contributed by atoms with van der Waals surface area (Å²) < 4.78 is 0. The first kappa shape index (κ1) is 12.9. The molecule has 0 radical (unpaired) electrons. The number of benzene rings is 2. The molecule has 1 nitrogen and oxygen atoms in total. The Kier molecular flexibility index (Phi) is 3.42. The van der Waals surface area contributed by atoms with Gasteiger partial charge in [-0.15, -0.1) is 0 Å². The average Bonchev–Trinajstić information content (AvgIpc) is 2.46. The number of anilines is 1. The van der Waals surface area contributed by atoms with Gasteiger partial charge in [-0.2, -0.15) is 0 Å². The molecule has 1 N–H and O–H groups in total. The molecule has 1 atom stereocenters. The van der Waals surface area contributed by atoms with Crippen LogP contribution >= 0.6 is 0 Å². The zero-order valence-electron chi connectivity index (χ0n) is 12.5. The Morgan fingerprint density at radius 3 is 2.71 bits per heavy atom. The summed E-state index contributed by atoms with van der Waals surface area (Å²) in [7, 11) is 0. The largest absolute Gasteiger partial charge is 0.385 e. The number of hydrogen-bond acceptors (Lipinski definition) is 1. The summed E-state index contributed by atoms with van der Waals surface area (Å²) in [4.78, 5) is 0. The van der Waals surface area contributed by atoms with Crippen LogP contribution in [0.5, 0.6) is 0 Å². The second kappa shape index (κ2) is 5.55. The Labute approximate surface area is 127 Å². The quantitative estimate of drug-likeness (QED) is 0.823. The van der Waals surface area contributed by atoms with Gasteiger partial charge in [0.05, 0.1) is 0 Å². The molecule has 1 aliphatic carbocycles. The summed E-state index contributed by atoms with van der Waals surface area (Å²) in [5, 5.41) is 3.53. The minimum Gasteiger partial charge on any atom is -0.385 e. The van der Waals surface area contributed by atoms with Gasteiger partial charge in [0, 0.05) is 12.2 Å². The van der Waals surface area contributed by atoms with E-state index in [-0.39, 0.29) is 0 Å². The summed E-state index contributed by atoms with van der Waals surface area (Å²) >= 11 is 0. The van der Waals surface area contributed by atoms with Crippen LogP contribution in [0.2, 0.25) is 0 Å². The van der Waals surface area contributed by atoms with E-state index in [1.54, 1.807) is 5.56 Å². The van der Waals surface area contributed by atoms with Crippen LogP contribution in [0, 0.1) is 0 Å². The Bertz CT molecular complexity index is 627. The summed E-state index contributed by atoms with van der Waals surface area (Å²) in [6, 6.07) is 18.2. The van der Waals surface area contributed by atoms with Crippen molar-refractivity contribution in [1.82, 2.24) is 0 Å². The summed E-state index contributed by atoms with van der Waals surface area (Å²) in [5.41, 5.74) is 5.92. The molecule has 0 bridgehead atoms. The topological polar surface area (TPSA) is 12.0 Å². The standard InChI is InChI=1S/C20H23N/c1-2-10-20-19(9-1)18(11-12-21-20)14-15-5-3-8-17(13-15)16-6-4-7-16/h1-3,5,8-10,13,16,18,21H,4,6-7,11-12,14H2. The number of rotatable bonds is 3. The van der Waals surface area contributed by atoms with Crippen LogP contribution in [0.15, 0.2) is 48.5 Å².